The second-order valence-electron chi connectivity index (χ2n) is 18.2. The summed E-state index contributed by atoms with van der Waals surface area (Å²) >= 11 is 0. The van der Waals surface area contributed by atoms with Gasteiger partial charge in [-0.15, -0.1) is 0 Å². The summed E-state index contributed by atoms with van der Waals surface area (Å²) in [5, 5.41) is 53.7. The van der Waals surface area contributed by atoms with Crippen molar-refractivity contribution in [2.75, 3.05) is 13.2 Å². The Bertz CT molecular complexity index is 1120. The van der Waals surface area contributed by atoms with Crippen LogP contribution in [-0.2, 0) is 14.2 Å². The first-order valence-corrected chi connectivity index (χ1v) is 17.2. The van der Waals surface area contributed by atoms with Crippen LogP contribution in [0.5, 0.6) is 0 Å². The third-order valence-corrected chi connectivity index (χ3v) is 15.7. The molecule has 7 aliphatic rings. The molecule has 8 nitrogen and oxygen atoms in total. The van der Waals surface area contributed by atoms with Crippen LogP contribution < -0.4 is 0 Å². The van der Waals surface area contributed by atoms with Crippen LogP contribution in [0, 0.1) is 50.7 Å². The topological polar surface area (TPSA) is 129 Å². The minimum Gasteiger partial charge on any atom is -0.393 e. The Morgan fingerprint density at radius 1 is 0.767 bits per heavy atom. The summed E-state index contributed by atoms with van der Waals surface area (Å²) in [6, 6.07) is 0. The summed E-state index contributed by atoms with van der Waals surface area (Å²) < 4.78 is 18.7. The minimum atomic E-state index is -1.31. The highest BCUT2D eigenvalue weighted by Gasteiger charge is 2.84. The molecule has 0 bridgehead atoms. The maximum absolute atomic E-state index is 12.1. The summed E-state index contributed by atoms with van der Waals surface area (Å²) in [4.78, 5) is 0. The van der Waals surface area contributed by atoms with Crippen molar-refractivity contribution in [1.29, 1.82) is 0 Å². The van der Waals surface area contributed by atoms with Crippen molar-refractivity contribution in [3.05, 3.63) is 0 Å². The summed E-state index contributed by atoms with van der Waals surface area (Å²) in [7, 11) is 0. The van der Waals surface area contributed by atoms with Gasteiger partial charge in [0.1, 0.15) is 18.3 Å². The van der Waals surface area contributed by atoms with E-state index in [1.165, 1.54) is 25.7 Å². The Balaban J connectivity index is 1.14. The summed E-state index contributed by atoms with van der Waals surface area (Å²) in [5.41, 5.74) is -0.715. The maximum atomic E-state index is 12.1. The molecular formula is C35H58O8. The van der Waals surface area contributed by atoms with Crippen molar-refractivity contribution in [1.82, 2.24) is 0 Å². The van der Waals surface area contributed by atoms with E-state index in [0.717, 1.165) is 32.1 Å². The average molecular weight is 607 g/mol. The van der Waals surface area contributed by atoms with E-state index in [4.69, 9.17) is 14.2 Å². The van der Waals surface area contributed by atoms with E-state index in [1.807, 2.05) is 13.8 Å². The molecule has 0 amide bonds. The predicted octanol–water partition coefficient (Wildman–Crippen LogP) is 3.79. The van der Waals surface area contributed by atoms with Crippen molar-refractivity contribution >= 4 is 0 Å². The van der Waals surface area contributed by atoms with E-state index >= 15 is 0 Å². The van der Waals surface area contributed by atoms with Gasteiger partial charge in [-0.3, -0.25) is 0 Å². The van der Waals surface area contributed by atoms with Crippen LogP contribution in [0.2, 0.25) is 0 Å². The molecule has 15 atom stereocenters. The highest BCUT2D eigenvalue weighted by Crippen LogP contribution is 2.89. The molecular weight excluding hydrogens is 548 g/mol. The Hall–Kier alpha value is -0.320. The molecule has 5 saturated carbocycles. The van der Waals surface area contributed by atoms with Gasteiger partial charge in [-0.2, -0.15) is 0 Å². The number of ether oxygens (including phenoxy) is 3. The third-order valence-electron chi connectivity index (χ3n) is 15.7. The van der Waals surface area contributed by atoms with Crippen LogP contribution in [0.4, 0.5) is 0 Å². The Morgan fingerprint density at radius 3 is 2.14 bits per heavy atom. The zero-order valence-electron chi connectivity index (χ0n) is 27.5. The number of fused-ring (bicyclic) bond motifs is 2. The van der Waals surface area contributed by atoms with Gasteiger partial charge in [0.05, 0.1) is 36.6 Å². The highest BCUT2D eigenvalue weighted by atomic mass is 16.7. The van der Waals surface area contributed by atoms with E-state index in [2.05, 4.69) is 34.6 Å². The van der Waals surface area contributed by atoms with Crippen molar-refractivity contribution in [2.24, 2.45) is 50.7 Å². The first-order chi connectivity index (χ1) is 19.9. The smallest absolute Gasteiger partial charge is 0.186 e. The molecule has 0 aromatic carbocycles. The van der Waals surface area contributed by atoms with E-state index in [0.29, 0.717) is 18.4 Å². The standard InChI is InChI=1S/C35H58O8/c1-29(2)24(43-28-26(39)25(38)21(37)17-41-28)9-11-35-18-34(35)13-12-32(6)22(33(7)15-19(16-42-33)30(3,4)40)8-10-31(32,5)23(34)14-20(36)27(29)35/h19-28,36-40H,8-18H2,1-7H3/t19-,20-,21+,22-,23-,24-,25-,26+,27-,28-,31-,32+,33+,34-,35+/m0/s1. The van der Waals surface area contributed by atoms with Gasteiger partial charge in [-0.05, 0) is 123 Å². The van der Waals surface area contributed by atoms with Crippen LogP contribution in [0.25, 0.3) is 0 Å². The Kier molecular flexibility index (Phi) is 6.84. The normalized spacial score (nSPS) is 59.2. The number of hydrogen-bond acceptors (Lipinski definition) is 8. The van der Waals surface area contributed by atoms with E-state index in [9.17, 15) is 25.5 Å². The number of rotatable bonds is 4. The Labute approximate surface area is 257 Å². The molecule has 2 heterocycles. The molecule has 43 heavy (non-hydrogen) atoms. The molecule has 0 radical (unpaired) electrons. The van der Waals surface area contributed by atoms with Gasteiger partial charge >= 0.3 is 0 Å². The number of aliphatic hydroxyl groups excluding tert-OH is 4. The van der Waals surface area contributed by atoms with Gasteiger partial charge in [0, 0.05) is 5.92 Å². The summed E-state index contributed by atoms with van der Waals surface area (Å²) in [6.07, 6.45) is 4.06. The first kappa shape index (κ1) is 31.3. The molecule has 0 aromatic rings. The molecule has 2 saturated heterocycles. The van der Waals surface area contributed by atoms with E-state index < -0.39 is 36.3 Å². The Morgan fingerprint density at radius 2 is 1.47 bits per heavy atom. The summed E-state index contributed by atoms with van der Waals surface area (Å²) in [6.45, 7) is 16.2. The van der Waals surface area contributed by atoms with Crippen LogP contribution in [0.1, 0.15) is 106 Å². The molecule has 246 valence electrons. The van der Waals surface area contributed by atoms with Crippen LogP contribution in [-0.4, -0.2) is 86.8 Å². The zero-order valence-corrected chi connectivity index (χ0v) is 27.5. The van der Waals surface area contributed by atoms with Gasteiger partial charge in [-0.1, -0.05) is 27.7 Å². The molecule has 2 spiro atoms. The van der Waals surface area contributed by atoms with E-state index in [1.54, 1.807) is 0 Å². The molecule has 7 rings (SSSR count). The van der Waals surface area contributed by atoms with Gasteiger partial charge in [0.15, 0.2) is 6.29 Å². The van der Waals surface area contributed by atoms with Gasteiger partial charge in [0.25, 0.3) is 0 Å². The molecule has 2 aliphatic heterocycles. The minimum absolute atomic E-state index is 0.0718. The quantitative estimate of drug-likeness (QED) is 0.306. The largest absolute Gasteiger partial charge is 0.393 e. The fourth-order valence-corrected chi connectivity index (χ4v) is 13.3. The lowest BCUT2D eigenvalue weighted by Gasteiger charge is -2.65. The SMILES string of the molecule is CC(C)(O)[C@@H]1CO[C@@](C)([C@H]2CC[C@@]3(C)[C@@H]4C[C@H](O)[C@H]5C(C)(C)[C@@H](O[C@@H]6OC[C@@H](O)[C@H](O)[C@H]6O)CC[C@@]56C[C@@]46CC[C@]23C)C1. The second kappa shape index (κ2) is 9.40. The zero-order chi connectivity index (χ0) is 31.2. The second-order valence-corrected chi connectivity index (χ2v) is 18.2. The molecule has 5 N–H and O–H groups in total. The molecule has 5 aliphatic carbocycles. The number of hydrogen-bond donors (Lipinski definition) is 5. The van der Waals surface area contributed by atoms with Crippen molar-refractivity contribution < 1.29 is 39.7 Å². The fourth-order valence-electron chi connectivity index (χ4n) is 13.3. The maximum Gasteiger partial charge on any atom is 0.186 e. The lowest BCUT2D eigenvalue weighted by Crippen LogP contribution is -2.63. The molecule has 8 heteroatoms. The third kappa shape index (κ3) is 3.96. The monoisotopic (exact) mass is 606 g/mol. The lowest BCUT2D eigenvalue weighted by atomic mass is 9.41. The van der Waals surface area contributed by atoms with Gasteiger partial charge < -0.3 is 39.7 Å². The summed E-state index contributed by atoms with van der Waals surface area (Å²) in [5.74, 6) is 1.16. The lowest BCUT2D eigenvalue weighted by molar-refractivity contribution is -0.306. The fraction of sp³-hybridized carbons (Fsp3) is 1.00. The van der Waals surface area contributed by atoms with Gasteiger partial charge in [0.2, 0.25) is 0 Å². The van der Waals surface area contributed by atoms with E-state index in [-0.39, 0.29) is 57.2 Å². The predicted molar refractivity (Wildman–Crippen MR) is 160 cm³/mol. The first-order valence-electron chi connectivity index (χ1n) is 17.2. The van der Waals surface area contributed by atoms with Gasteiger partial charge in [-0.25, -0.2) is 0 Å². The number of aliphatic hydroxyl groups is 5. The highest BCUT2D eigenvalue weighted by molar-refractivity contribution is 5.32. The molecule has 0 unspecified atom stereocenters. The van der Waals surface area contributed by atoms with Crippen LogP contribution in [0.15, 0.2) is 0 Å². The molecule has 7 fully saturated rings. The van der Waals surface area contributed by atoms with Crippen molar-refractivity contribution in [3.8, 4) is 0 Å². The van der Waals surface area contributed by atoms with Crippen LogP contribution in [0.3, 0.4) is 0 Å². The average Bonchev–Trinajstić information content (AvgIpc) is 3.20. The van der Waals surface area contributed by atoms with Crippen molar-refractivity contribution in [2.45, 2.75) is 154 Å². The molecule has 0 aromatic heterocycles. The van der Waals surface area contributed by atoms with Crippen LogP contribution >= 0.6 is 0 Å². The van der Waals surface area contributed by atoms with Crippen molar-refractivity contribution in [3.63, 3.8) is 0 Å².